The van der Waals surface area contributed by atoms with Crippen molar-refractivity contribution in [1.29, 1.82) is 0 Å². The van der Waals surface area contributed by atoms with Crippen LogP contribution in [0.4, 0.5) is 18.9 Å². The molecule has 1 saturated heterocycles. The summed E-state index contributed by atoms with van der Waals surface area (Å²) in [6.07, 6.45) is 1.13. The van der Waals surface area contributed by atoms with Gasteiger partial charge in [-0.2, -0.15) is 4.39 Å². The van der Waals surface area contributed by atoms with Crippen molar-refractivity contribution in [3.05, 3.63) is 64.3 Å². The lowest BCUT2D eigenvalue weighted by Gasteiger charge is -2.27. The molecule has 2 N–H and O–H groups in total. The number of hydrogen-bond acceptors (Lipinski definition) is 5. The summed E-state index contributed by atoms with van der Waals surface area (Å²) in [5, 5.41) is 5.93. The first-order valence-electron chi connectivity index (χ1n) is 10.6. The van der Waals surface area contributed by atoms with Crippen LogP contribution in [0.1, 0.15) is 21.0 Å². The number of aromatic nitrogens is 2. The van der Waals surface area contributed by atoms with Gasteiger partial charge in [-0.1, -0.05) is 11.6 Å². The molecule has 2 aromatic carbocycles. The maximum absolute atomic E-state index is 14.5. The number of rotatable bonds is 5. The van der Waals surface area contributed by atoms with Crippen LogP contribution in [-0.4, -0.2) is 59.6 Å². The molecule has 0 bridgehead atoms. The van der Waals surface area contributed by atoms with Crippen LogP contribution in [0.15, 0.2) is 30.5 Å². The van der Waals surface area contributed by atoms with Crippen LogP contribution in [0.3, 0.4) is 0 Å². The monoisotopic (exact) mass is 507 g/mol. The molecule has 184 valence electrons. The number of anilines is 1. The number of halogens is 4. The van der Waals surface area contributed by atoms with Gasteiger partial charge in [-0.15, -0.1) is 0 Å². The Kier molecular flexibility index (Phi) is 6.99. The normalized spacial score (nSPS) is 13.6. The highest BCUT2D eigenvalue weighted by molar-refractivity contribution is 6.34. The van der Waals surface area contributed by atoms with Gasteiger partial charge in [0.15, 0.2) is 23.2 Å². The lowest BCUT2D eigenvalue weighted by Crippen LogP contribution is -2.46. The van der Waals surface area contributed by atoms with Crippen LogP contribution in [0.2, 0.25) is 5.02 Å². The van der Waals surface area contributed by atoms with Gasteiger partial charge in [0.05, 0.1) is 29.6 Å². The summed E-state index contributed by atoms with van der Waals surface area (Å²) in [5.41, 5.74) is 0.163. The van der Waals surface area contributed by atoms with E-state index in [1.54, 1.807) is 4.90 Å². The third-order valence-corrected chi connectivity index (χ3v) is 5.96. The van der Waals surface area contributed by atoms with Crippen molar-refractivity contribution in [3.63, 3.8) is 0 Å². The van der Waals surface area contributed by atoms with E-state index in [0.717, 1.165) is 19.4 Å². The second-order valence-corrected chi connectivity index (χ2v) is 8.19. The molecule has 1 fully saturated rings. The van der Waals surface area contributed by atoms with Crippen LogP contribution in [0.5, 0.6) is 5.75 Å². The number of methoxy groups -OCH3 is 1. The minimum absolute atomic E-state index is 0.0249. The Morgan fingerprint density at radius 1 is 1.14 bits per heavy atom. The van der Waals surface area contributed by atoms with Crippen molar-refractivity contribution in [2.75, 3.05) is 38.6 Å². The molecule has 3 aromatic rings. The summed E-state index contributed by atoms with van der Waals surface area (Å²) in [5.74, 6) is -5.79. The number of imidazole rings is 1. The molecule has 2 amide bonds. The van der Waals surface area contributed by atoms with E-state index in [-0.39, 0.29) is 22.4 Å². The molecule has 1 aliphatic rings. The number of hydrogen-bond donors (Lipinski definition) is 2. The second-order valence-electron chi connectivity index (χ2n) is 7.78. The van der Waals surface area contributed by atoms with Gasteiger partial charge in [0.2, 0.25) is 5.82 Å². The Morgan fingerprint density at radius 2 is 1.86 bits per heavy atom. The van der Waals surface area contributed by atoms with Crippen LogP contribution in [0, 0.1) is 17.5 Å². The molecule has 0 spiro atoms. The number of carbonyl (C=O) groups excluding carboxylic acids is 2. The summed E-state index contributed by atoms with van der Waals surface area (Å²) in [6.45, 7) is 2.53. The van der Waals surface area contributed by atoms with Crippen molar-refractivity contribution < 1.29 is 27.5 Å². The Bertz CT molecular complexity index is 1310. The van der Waals surface area contributed by atoms with Crippen molar-refractivity contribution in [3.8, 4) is 17.0 Å². The molecular formula is C23H21ClF3N5O3. The molecule has 4 rings (SSSR count). The maximum Gasteiger partial charge on any atom is 0.291 e. The fourth-order valence-corrected chi connectivity index (χ4v) is 4.08. The van der Waals surface area contributed by atoms with Gasteiger partial charge in [0, 0.05) is 44.5 Å². The number of benzene rings is 2. The zero-order valence-corrected chi connectivity index (χ0v) is 19.5. The summed E-state index contributed by atoms with van der Waals surface area (Å²) in [4.78, 5) is 31.1. The summed E-state index contributed by atoms with van der Waals surface area (Å²) < 4.78 is 48.5. The second kappa shape index (κ2) is 9.96. The van der Waals surface area contributed by atoms with Crippen LogP contribution in [-0.2, 0) is 7.05 Å². The van der Waals surface area contributed by atoms with Crippen molar-refractivity contribution >= 4 is 29.1 Å². The fourth-order valence-electron chi connectivity index (χ4n) is 3.81. The largest absolute Gasteiger partial charge is 0.491 e. The number of ether oxygens (including phenoxy) is 1. The van der Waals surface area contributed by atoms with Gasteiger partial charge >= 0.3 is 0 Å². The predicted molar refractivity (Wildman–Crippen MR) is 123 cm³/mol. The van der Waals surface area contributed by atoms with Gasteiger partial charge in [0.1, 0.15) is 0 Å². The first kappa shape index (κ1) is 24.6. The van der Waals surface area contributed by atoms with Crippen molar-refractivity contribution in [2.45, 2.75) is 0 Å². The lowest BCUT2D eigenvalue weighted by molar-refractivity contribution is 0.0736. The molecule has 0 unspecified atom stereocenters. The Balaban J connectivity index is 1.55. The summed E-state index contributed by atoms with van der Waals surface area (Å²) in [6, 6.07) is 5.25. The SMILES string of the molecule is COc1c(F)cc(-c2cnc(C(=O)Nc3ccc(C(=O)N4CCNCC4)c(Cl)c3)n2C)c(F)c1F. The third-order valence-electron chi connectivity index (χ3n) is 5.65. The Morgan fingerprint density at radius 3 is 2.51 bits per heavy atom. The summed E-state index contributed by atoms with van der Waals surface area (Å²) in [7, 11) is 2.42. The van der Waals surface area contributed by atoms with Gasteiger partial charge < -0.3 is 24.8 Å². The fraction of sp³-hybridized carbons (Fsp3) is 0.261. The van der Waals surface area contributed by atoms with E-state index in [1.165, 1.54) is 29.8 Å². The Labute approximate surface area is 203 Å². The quantitative estimate of drug-likeness (QED) is 0.516. The molecule has 0 atom stereocenters. The van der Waals surface area contributed by atoms with E-state index in [0.29, 0.717) is 37.4 Å². The highest BCUT2D eigenvalue weighted by atomic mass is 35.5. The minimum atomic E-state index is -1.49. The topological polar surface area (TPSA) is 88.5 Å². The van der Waals surface area contributed by atoms with Gasteiger partial charge in [0.25, 0.3) is 11.8 Å². The predicted octanol–water partition coefficient (Wildman–Crippen LogP) is 3.46. The molecule has 1 aromatic heterocycles. The van der Waals surface area contributed by atoms with Crippen molar-refractivity contribution in [1.82, 2.24) is 19.8 Å². The van der Waals surface area contributed by atoms with E-state index >= 15 is 0 Å². The molecule has 0 saturated carbocycles. The molecule has 8 nitrogen and oxygen atoms in total. The zero-order chi connectivity index (χ0) is 25.3. The minimum Gasteiger partial charge on any atom is -0.491 e. The zero-order valence-electron chi connectivity index (χ0n) is 18.8. The van der Waals surface area contributed by atoms with E-state index < -0.39 is 34.7 Å². The van der Waals surface area contributed by atoms with E-state index in [9.17, 15) is 22.8 Å². The molecule has 0 radical (unpaired) electrons. The molecular weight excluding hydrogens is 487 g/mol. The number of nitrogens with one attached hydrogen (secondary N) is 2. The van der Waals surface area contributed by atoms with Gasteiger partial charge in [-0.3, -0.25) is 9.59 Å². The molecule has 0 aliphatic carbocycles. The average molecular weight is 508 g/mol. The van der Waals surface area contributed by atoms with Crippen LogP contribution >= 0.6 is 11.6 Å². The molecule has 35 heavy (non-hydrogen) atoms. The molecule has 12 heteroatoms. The van der Waals surface area contributed by atoms with E-state index in [2.05, 4.69) is 20.4 Å². The standard InChI is InChI=1S/C23H21ClF3N5O3/c1-31-17(14-10-16(25)20(35-2)19(27)18(14)26)11-29-21(31)22(33)30-12-3-4-13(15(24)9-12)23(34)32-7-5-28-6-8-32/h3-4,9-11,28H,5-8H2,1-2H3,(H,30,33). The summed E-state index contributed by atoms with van der Waals surface area (Å²) >= 11 is 6.30. The molecule has 2 heterocycles. The van der Waals surface area contributed by atoms with Crippen LogP contribution < -0.4 is 15.4 Å². The number of nitrogens with zero attached hydrogens (tertiary/aromatic N) is 3. The van der Waals surface area contributed by atoms with E-state index in [4.69, 9.17) is 11.6 Å². The maximum atomic E-state index is 14.5. The molecule has 1 aliphatic heterocycles. The van der Waals surface area contributed by atoms with E-state index in [1.807, 2.05) is 0 Å². The van der Waals surface area contributed by atoms with Gasteiger partial charge in [-0.05, 0) is 24.3 Å². The lowest BCUT2D eigenvalue weighted by atomic mass is 10.1. The van der Waals surface area contributed by atoms with Crippen LogP contribution in [0.25, 0.3) is 11.3 Å². The number of amides is 2. The first-order valence-corrected chi connectivity index (χ1v) is 10.9. The third kappa shape index (κ3) is 4.69. The van der Waals surface area contributed by atoms with Crippen molar-refractivity contribution in [2.24, 2.45) is 7.05 Å². The average Bonchev–Trinajstić information content (AvgIpc) is 3.23. The van der Waals surface area contributed by atoms with Gasteiger partial charge in [-0.25, -0.2) is 13.8 Å². The highest BCUT2D eigenvalue weighted by Crippen LogP contribution is 2.32. The highest BCUT2D eigenvalue weighted by Gasteiger charge is 2.25. The number of carbonyl (C=O) groups is 2. The smallest absolute Gasteiger partial charge is 0.291 e. The Hall–Kier alpha value is -3.57. The number of piperazine rings is 1. The first-order chi connectivity index (χ1) is 16.7.